The molecule has 0 fully saturated rings. The molecule has 4 nitrogen and oxygen atoms in total. The van der Waals surface area contributed by atoms with Crippen LogP contribution in [0.4, 0.5) is 13.2 Å². The zero-order chi connectivity index (χ0) is 14.4. The Bertz CT molecular complexity index is 267. The Hall–Kier alpha value is -0.980. The van der Waals surface area contributed by atoms with Crippen molar-refractivity contribution < 1.29 is 18.4 Å². The first-order chi connectivity index (χ1) is 8.26. The summed E-state index contributed by atoms with van der Waals surface area (Å²) in [6.07, 6.45) is -2.35. The molecule has 0 spiro atoms. The van der Waals surface area contributed by atoms with Crippen LogP contribution < -0.4 is 11.1 Å². The Kier molecular flexibility index (Phi) is 6.45. The number of alkyl halides is 3. The van der Waals surface area contributed by atoms with E-state index >= 15 is 0 Å². The largest absolute Gasteiger partial charge is 0.409 e. The zero-order valence-electron chi connectivity index (χ0n) is 11.0. The molecular weight excluding hydrogens is 247 g/mol. The minimum atomic E-state index is -4.52. The molecule has 0 aliphatic carbocycles. The second-order valence-electron chi connectivity index (χ2n) is 4.34. The van der Waals surface area contributed by atoms with E-state index in [1.54, 1.807) is 0 Å². The molecule has 0 aliphatic rings. The number of hydrogen-bond donors (Lipinski definition) is 3. The van der Waals surface area contributed by atoms with Crippen LogP contribution in [0.3, 0.4) is 0 Å². The topological polar surface area (TPSA) is 70.6 Å². The van der Waals surface area contributed by atoms with Gasteiger partial charge in [-0.3, -0.25) is 0 Å². The van der Waals surface area contributed by atoms with Crippen LogP contribution in [0.1, 0.15) is 40.0 Å². The fourth-order valence-corrected chi connectivity index (χ4v) is 1.90. The van der Waals surface area contributed by atoms with Gasteiger partial charge in [0.05, 0.1) is 0 Å². The summed E-state index contributed by atoms with van der Waals surface area (Å²) in [6.45, 7) is 5.39. The van der Waals surface area contributed by atoms with Crippen molar-refractivity contribution >= 4 is 5.84 Å². The highest BCUT2D eigenvalue weighted by Crippen LogP contribution is 2.27. The van der Waals surface area contributed by atoms with Crippen LogP contribution in [0, 0.1) is 5.92 Å². The van der Waals surface area contributed by atoms with E-state index in [1.165, 1.54) is 0 Å². The number of nitrogens with zero attached hydrogens (tertiary/aromatic N) is 1. The number of amidine groups is 1. The molecule has 0 radical (unpaired) electrons. The highest BCUT2D eigenvalue weighted by molar-refractivity contribution is 5.83. The van der Waals surface area contributed by atoms with Crippen molar-refractivity contribution in [3.05, 3.63) is 0 Å². The average molecular weight is 269 g/mol. The van der Waals surface area contributed by atoms with E-state index in [1.807, 2.05) is 20.8 Å². The van der Waals surface area contributed by atoms with Crippen LogP contribution in [0.5, 0.6) is 0 Å². The Labute approximate surface area is 105 Å². The van der Waals surface area contributed by atoms with E-state index < -0.39 is 17.9 Å². The molecule has 0 aromatic rings. The molecule has 0 heterocycles. The summed E-state index contributed by atoms with van der Waals surface area (Å²) in [4.78, 5) is 0. The maximum atomic E-state index is 12.7. The lowest BCUT2D eigenvalue weighted by Gasteiger charge is -2.34. The van der Waals surface area contributed by atoms with E-state index in [0.29, 0.717) is 0 Å². The molecule has 0 aliphatic heterocycles. The quantitative estimate of drug-likeness (QED) is 0.288. The molecule has 18 heavy (non-hydrogen) atoms. The second-order valence-corrected chi connectivity index (χ2v) is 4.34. The molecule has 0 saturated carbocycles. The van der Waals surface area contributed by atoms with Gasteiger partial charge in [-0.05, 0) is 19.3 Å². The van der Waals surface area contributed by atoms with Crippen molar-refractivity contribution in [1.82, 2.24) is 5.32 Å². The number of halogens is 3. The minimum absolute atomic E-state index is 0.334. The Morgan fingerprint density at radius 3 is 1.94 bits per heavy atom. The third kappa shape index (κ3) is 4.36. The first-order valence-electron chi connectivity index (χ1n) is 6.05. The van der Waals surface area contributed by atoms with Crippen molar-refractivity contribution in [2.24, 2.45) is 16.8 Å². The molecule has 0 bridgehead atoms. The predicted octanol–water partition coefficient (Wildman–Crippen LogP) is 2.47. The first kappa shape index (κ1) is 17.0. The molecule has 7 heteroatoms. The van der Waals surface area contributed by atoms with Gasteiger partial charge in [0.1, 0.15) is 5.92 Å². The van der Waals surface area contributed by atoms with Gasteiger partial charge in [0.25, 0.3) is 0 Å². The van der Waals surface area contributed by atoms with E-state index in [0.717, 1.165) is 19.3 Å². The van der Waals surface area contributed by atoms with Crippen molar-refractivity contribution in [2.75, 3.05) is 6.54 Å². The van der Waals surface area contributed by atoms with Crippen LogP contribution in [-0.4, -0.2) is 29.3 Å². The van der Waals surface area contributed by atoms with Gasteiger partial charge in [0, 0.05) is 12.1 Å². The standard InChI is InChI=1S/C11H22F3N3O/c1-4-10(5-2,6-3)16-7-8(9(15)17-18)11(12,13)14/h8,16,18H,4-7H2,1-3H3,(H2,15,17). The third-order valence-corrected chi connectivity index (χ3v) is 3.58. The summed E-state index contributed by atoms with van der Waals surface area (Å²) in [5.74, 6) is -2.78. The number of nitrogens with one attached hydrogen (secondary N) is 1. The van der Waals surface area contributed by atoms with Gasteiger partial charge >= 0.3 is 6.18 Å². The van der Waals surface area contributed by atoms with E-state index in [4.69, 9.17) is 10.9 Å². The first-order valence-corrected chi connectivity index (χ1v) is 6.05. The molecule has 0 aromatic heterocycles. The SMILES string of the molecule is CCC(CC)(CC)NCC(C(N)=NO)C(F)(F)F. The van der Waals surface area contributed by atoms with Gasteiger partial charge in [0.2, 0.25) is 0 Å². The van der Waals surface area contributed by atoms with Crippen molar-refractivity contribution in [3.8, 4) is 0 Å². The summed E-state index contributed by atoms with van der Waals surface area (Å²) in [5.41, 5.74) is 4.76. The second kappa shape index (κ2) is 6.82. The molecule has 0 amide bonds. The monoisotopic (exact) mass is 269 g/mol. The Morgan fingerprint density at radius 2 is 1.67 bits per heavy atom. The molecule has 0 aromatic carbocycles. The van der Waals surface area contributed by atoms with Crippen LogP contribution in [-0.2, 0) is 0 Å². The van der Waals surface area contributed by atoms with Crippen LogP contribution in [0.25, 0.3) is 0 Å². The number of rotatable bonds is 7. The lowest BCUT2D eigenvalue weighted by molar-refractivity contribution is -0.155. The van der Waals surface area contributed by atoms with Crippen LogP contribution in [0.15, 0.2) is 5.16 Å². The highest BCUT2D eigenvalue weighted by Gasteiger charge is 2.43. The molecule has 108 valence electrons. The summed E-state index contributed by atoms with van der Waals surface area (Å²) in [6, 6.07) is 0. The Balaban J connectivity index is 4.82. The normalized spacial score (nSPS) is 15.8. The summed E-state index contributed by atoms with van der Waals surface area (Å²) in [7, 11) is 0. The van der Waals surface area contributed by atoms with Crippen molar-refractivity contribution in [3.63, 3.8) is 0 Å². The van der Waals surface area contributed by atoms with Gasteiger partial charge in [-0.1, -0.05) is 25.9 Å². The Morgan fingerprint density at radius 1 is 1.22 bits per heavy atom. The smallest absolute Gasteiger partial charge is 0.400 e. The maximum absolute atomic E-state index is 12.7. The third-order valence-electron chi connectivity index (χ3n) is 3.58. The molecule has 1 unspecified atom stereocenters. The van der Waals surface area contributed by atoms with E-state index in [2.05, 4.69) is 10.5 Å². The van der Waals surface area contributed by atoms with Gasteiger partial charge in [0.15, 0.2) is 5.84 Å². The van der Waals surface area contributed by atoms with Gasteiger partial charge in [-0.25, -0.2) is 0 Å². The highest BCUT2D eigenvalue weighted by atomic mass is 19.4. The van der Waals surface area contributed by atoms with Crippen LogP contribution >= 0.6 is 0 Å². The van der Waals surface area contributed by atoms with Crippen molar-refractivity contribution in [1.29, 1.82) is 0 Å². The molecule has 1 atom stereocenters. The lowest BCUT2D eigenvalue weighted by Crippen LogP contribution is -2.51. The predicted molar refractivity (Wildman–Crippen MR) is 64.6 cm³/mol. The van der Waals surface area contributed by atoms with E-state index in [9.17, 15) is 13.2 Å². The minimum Gasteiger partial charge on any atom is -0.409 e. The number of hydrogen-bond acceptors (Lipinski definition) is 3. The number of oxime groups is 1. The van der Waals surface area contributed by atoms with Gasteiger partial charge < -0.3 is 16.3 Å². The molecule has 0 saturated heterocycles. The van der Waals surface area contributed by atoms with Gasteiger partial charge in [-0.15, -0.1) is 0 Å². The summed E-state index contributed by atoms with van der Waals surface area (Å²) in [5, 5.41) is 13.8. The zero-order valence-corrected chi connectivity index (χ0v) is 11.0. The van der Waals surface area contributed by atoms with E-state index in [-0.39, 0.29) is 12.1 Å². The average Bonchev–Trinajstić information content (AvgIpc) is 2.33. The maximum Gasteiger partial charge on any atom is 0.400 e. The fraction of sp³-hybridized carbons (Fsp3) is 0.909. The molecule has 0 rings (SSSR count). The summed E-state index contributed by atoms with van der Waals surface area (Å²) >= 11 is 0. The van der Waals surface area contributed by atoms with Crippen molar-refractivity contribution in [2.45, 2.75) is 51.7 Å². The molecular formula is C11H22F3N3O. The van der Waals surface area contributed by atoms with Gasteiger partial charge in [-0.2, -0.15) is 13.2 Å². The number of nitrogens with two attached hydrogens (primary N) is 1. The lowest BCUT2D eigenvalue weighted by atomic mass is 9.89. The fourth-order valence-electron chi connectivity index (χ4n) is 1.90. The van der Waals surface area contributed by atoms with Crippen LogP contribution in [0.2, 0.25) is 0 Å². The summed E-state index contributed by atoms with van der Waals surface area (Å²) < 4.78 is 38.2. The molecule has 4 N–H and O–H groups in total.